The molecule has 0 radical (unpaired) electrons. The zero-order valence-corrected chi connectivity index (χ0v) is 15.7. The third-order valence-electron chi connectivity index (χ3n) is 5.72. The first kappa shape index (κ1) is 17.2. The minimum atomic E-state index is -0.125. The molecule has 0 saturated carbocycles. The number of likely N-dealkylation sites (tertiary alicyclic amines) is 1. The topological polar surface area (TPSA) is 51.5 Å². The highest BCUT2D eigenvalue weighted by Gasteiger charge is 2.35. The Hall–Kier alpha value is -2.21. The first-order valence-corrected chi connectivity index (χ1v) is 9.56. The van der Waals surface area contributed by atoms with Crippen molar-refractivity contribution in [2.45, 2.75) is 26.3 Å². The van der Waals surface area contributed by atoms with Gasteiger partial charge in [0.1, 0.15) is 5.84 Å². The van der Waals surface area contributed by atoms with Gasteiger partial charge in [-0.1, -0.05) is 24.3 Å². The number of hydrogen-bond acceptors (Lipinski definition) is 5. The van der Waals surface area contributed by atoms with E-state index in [1.165, 1.54) is 11.1 Å². The number of piperidine rings is 1. The van der Waals surface area contributed by atoms with Crippen LogP contribution in [-0.2, 0) is 11.3 Å². The molecule has 1 unspecified atom stereocenters. The number of hydrogen-bond donors (Lipinski definition) is 0. The summed E-state index contributed by atoms with van der Waals surface area (Å²) in [5, 5.41) is 0. The van der Waals surface area contributed by atoms with Crippen LogP contribution in [0.5, 0.6) is 0 Å². The fourth-order valence-corrected chi connectivity index (χ4v) is 4.02. The molecule has 1 amide bonds. The summed E-state index contributed by atoms with van der Waals surface area (Å²) in [4.78, 5) is 28.3. The van der Waals surface area contributed by atoms with Gasteiger partial charge >= 0.3 is 0 Å². The fraction of sp³-hybridized carbons (Fsp3) is 0.550. The van der Waals surface area contributed by atoms with Crippen LogP contribution in [0, 0.1) is 12.8 Å². The van der Waals surface area contributed by atoms with Gasteiger partial charge in [-0.2, -0.15) is 9.98 Å². The lowest BCUT2D eigenvalue weighted by Gasteiger charge is -2.38. The number of fused-ring (bicyclic) bond motifs is 1. The van der Waals surface area contributed by atoms with E-state index in [9.17, 15) is 4.79 Å². The number of amides is 1. The molecule has 2 saturated heterocycles. The molecule has 4 rings (SSSR count). The van der Waals surface area contributed by atoms with Gasteiger partial charge < -0.3 is 9.80 Å². The average Bonchev–Trinajstić information content (AvgIpc) is 2.65. The molecule has 0 spiro atoms. The van der Waals surface area contributed by atoms with E-state index in [0.717, 1.165) is 57.9 Å². The number of carbonyl (C=O) groups excluding carboxylic acids is 1. The maximum Gasteiger partial charge on any atom is 0.259 e. The minimum absolute atomic E-state index is 0.0149. The Kier molecular flexibility index (Phi) is 4.76. The molecule has 0 aliphatic carbocycles. The Morgan fingerprint density at radius 1 is 1.08 bits per heavy atom. The highest BCUT2D eigenvalue weighted by molar-refractivity contribution is 6.14. The summed E-state index contributed by atoms with van der Waals surface area (Å²) in [5.74, 6) is 1.39. The van der Waals surface area contributed by atoms with Crippen molar-refractivity contribution in [1.29, 1.82) is 0 Å². The summed E-state index contributed by atoms with van der Waals surface area (Å²) in [5.41, 5.74) is 2.73. The van der Waals surface area contributed by atoms with Crippen molar-refractivity contribution in [2.75, 3.05) is 39.8 Å². The maximum atomic E-state index is 12.4. The van der Waals surface area contributed by atoms with Gasteiger partial charge in [-0.05, 0) is 30.9 Å². The number of benzene rings is 1. The van der Waals surface area contributed by atoms with Gasteiger partial charge in [-0.3, -0.25) is 9.69 Å². The van der Waals surface area contributed by atoms with E-state index in [4.69, 9.17) is 4.99 Å². The molecule has 3 aliphatic heterocycles. The lowest BCUT2D eigenvalue weighted by molar-refractivity contribution is -0.120. The second-order valence-corrected chi connectivity index (χ2v) is 7.53. The standard InChI is InChI=1S/C20H27N5O/c1-15-6-3-4-7-16(15)14-24-10-12-25(13-11-24)20-21-18-17(19(26)22-20)8-5-9-23(18)2/h3-4,6-7,17H,5,8-14H2,1-2H3. The predicted molar refractivity (Wildman–Crippen MR) is 103 cm³/mol. The van der Waals surface area contributed by atoms with Crippen LogP contribution in [0.2, 0.25) is 0 Å². The smallest absolute Gasteiger partial charge is 0.259 e. The molecule has 1 aromatic carbocycles. The first-order chi connectivity index (χ1) is 12.6. The molecule has 0 aromatic heterocycles. The summed E-state index contributed by atoms with van der Waals surface area (Å²) in [6, 6.07) is 8.57. The van der Waals surface area contributed by atoms with Crippen molar-refractivity contribution in [3.63, 3.8) is 0 Å². The van der Waals surface area contributed by atoms with Crippen LogP contribution in [0.4, 0.5) is 0 Å². The van der Waals surface area contributed by atoms with Gasteiger partial charge in [-0.15, -0.1) is 0 Å². The van der Waals surface area contributed by atoms with Crippen LogP contribution in [0.25, 0.3) is 0 Å². The molecular weight excluding hydrogens is 326 g/mol. The molecule has 0 N–H and O–H groups in total. The van der Waals surface area contributed by atoms with E-state index in [-0.39, 0.29) is 11.8 Å². The van der Waals surface area contributed by atoms with Gasteiger partial charge in [0.05, 0.1) is 5.92 Å². The van der Waals surface area contributed by atoms with Crippen molar-refractivity contribution < 1.29 is 4.79 Å². The Labute approximate surface area is 155 Å². The monoisotopic (exact) mass is 353 g/mol. The predicted octanol–water partition coefficient (Wildman–Crippen LogP) is 1.75. The second-order valence-electron chi connectivity index (χ2n) is 7.53. The van der Waals surface area contributed by atoms with Crippen LogP contribution in [0.3, 0.4) is 0 Å². The van der Waals surface area contributed by atoms with Crippen LogP contribution < -0.4 is 0 Å². The number of piperazine rings is 1. The average molecular weight is 353 g/mol. The number of carbonyl (C=O) groups is 1. The molecule has 3 aliphatic rings. The van der Waals surface area contributed by atoms with E-state index >= 15 is 0 Å². The molecule has 3 heterocycles. The van der Waals surface area contributed by atoms with Crippen molar-refractivity contribution >= 4 is 17.7 Å². The molecule has 6 nitrogen and oxygen atoms in total. The van der Waals surface area contributed by atoms with Gasteiger partial charge in [0, 0.05) is 46.3 Å². The number of rotatable bonds is 2. The summed E-state index contributed by atoms with van der Waals surface area (Å²) in [7, 11) is 2.03. The summed E-state index contributed by atoms with van der Waals surface area (Å²) in [6.45, 7) is 7.77. The Bertz CT molecular complexity index is 748. The lowest BCUT2D eigenvalue weighted by Crippen LogP contribution is -2.51. The maximum absolute atomic E-state index is 12.4. The normalized spacial score (nSPS) is 24.2. The fourth-order valence-electron chi connectivity index (χ4n) is 4.02. The third-order valence-corrected chi connectivity index (χ3v) is 5.72. The molecule has 26 heavy (non-hydrogen) atoms. The van der Waals surface area contributed by atoms with Crippen LogP contribution in [-0.4, -0.2) is 72.2 Å². The van der Waals surface area contributed by atoms with E-state index in [0.29, 0.717) is 5.96 Å². The Morgan fingerprint density at radius 2 is 1.85 bits per heavy atom. The lowest BCUT2D eigenvalue weighted by atomic mass is 9.95. The Balaban J connectivity index is 1.40. The number of nitrogens with zero attached hydrogens (tertiary/aromatic N) is 5. The zero-order chi connectivity index (χ0) is 18.1. The molecule has 138 valence electrons. The number of amidine groups is 1. The number of guanidine groups is 1. The van der Waals surface area contributed by atoms with Gasteiger partial charge in [-0.25, -0.2) is 0 Å². The largest absolute Gasteiger partial charge is 0.362 e. The SMILES string of the molecule is Cc1ccccc1CN1CCN(C2=NC(=O)C3CCCN(C)C3=N2)CC1. The minimum Gasteiger partial charge on any atom is -0.362 e. The summed E-state index contributed by atoms with van der Waals surface area (Å²) < 4.78 is 0. The van der Waals surface area contributed by atoms with E-state index in [1.807, 2.05) is 7.05 Å². The summed E-state index contributed by atoms with van der Waals surface area (Å²) >= 11 is 0. The van der Waals surface area contributed by atoms with Crippen molar-refractivity contribution in [1.82, 2.24) is 14.7 Å². The van der Waals surface area contributed by atoms with Crippen LogP contribution in [0.1, 0.15) is 24.0 Å². The summed E-state index contributed by atoms with van der Waals surface area (Å²) in [6.07, 6.45) is 1.91. The van der Waals surface area contributed by atoms with Gasteiger partial charge in [0.2, 0.25) is 5.96 Å². The molecular formula is C20H27N5O. The van der Waals surface area contributed by atoms with E-state index in [2.05, 4.69) is 50.9 Å². The number of aliphatic imine (C=N–C) groups is 2. The molecule has 1 atom stereocenters. The third kappa shape index (κ3) is 3.38. The van der Waals surface area contributed by atoms with E-state index in [1.54, 1.807) is 0 Å². The van der Waals surface area contributed by atoms with Crippen LogP contribution in [0.15, 0.2) is 34.3 Å². The Morgan fingerprint density at radius 3 is 2.62 bits per heavy atom. The van der Waals surface area contributed by atoms with Gasteiger partial charge in [0.25, 0.3) is 5.91 Å². The highest BCUT2D eigenvalue weighted by Crippen LogP contribution is 2.23. The molecule has 2 fully saturated rings. The van der Waals surface area contributed by atoms with E-state index < -0.39 is 0 Å². The van der Waals surface area contributed by atoms with Crippen molar-refractivity contribution in [3.8, 4) is 0 Å². The first-order valence-electron chi connectivity index (χ1n) is 9.56. The molecule has 6 heteroatoms. The van der Waals surface area contributed by atoms with Gasteiger partial charge in [0.15, 0.2) is 0 Å². The quantitative estimate of drug-likeness (QED) is 0.813. The molecule has 0 bridgehead atoms. The highest BCUT2D eigenvalue weighted by atomic mass is 16.1. The number of aryl methyl sites for hydroxylation is 1. The van der Waals surface area contributed by atoms with Crippen molar-refractivity contribution in [3.05, 3.63) is 35.4 Å². The van der Waals surface area contributed by atoms with Crippen molar-refractivity contribution in [2.24, 2.45) is 15.9 Å². The second kappa shape index (κ2) is 7.19. The van der Waals surface area contributed by atoms with Crippen LogP contribution >= 0.6 is 0 Å². The molecule has 1 aromatic rings. The zero-order valence-electron chi connectivity index (χ0n) is 15.7.